The van der Waals surface area contributed by atoms with Gasteiger partial charge in [-0.2, -0.15) is 5.26 Å². The Hall–Kier alpha value is -1.65. The van der Waals surface area contributed by atoms with Crippen LogP contribution in [0.5, 0.6) is 0 Å². The highest BCUT2D eigenvalue weighted by molar-refractivity contribution is 5.95. The van der Waals surface area contributed by atoms with Gasteiger partial charge in [0.25, 0.3) is 0 Å². The van der Waals surface area contributed by atoms with E-state index < -0.39 is 6.03 Å². The molecule has 20 heavy (non-hydrogen) atoms. The average molecular weight is 281 g/mol. The fourth-order valence-electron chi connectivity index (χ4n) is 1.93. The van der Waals surface area contributed by atoms with Crippen LogP contribution in [0.25, 0.3) is 0 Å². The Morgan fingerprint density at radius 2 is 2.25 bits per heavy atom. The van der Waals surface area contributed by atoms with Crippen molar-refractivity contribution in [3.8, 4) is 6.07 Å². The summed E-state index contributed by atoms with van der Waals surface area (Å²) >= 11 is 0. The van der Waals surface area contributed by atoms with Crippen molar-refractivity contribution in [1.29, 1.82) is 5.26 Å². The number of nitriles is 1. The van der Waals surface area contributed by atoms with Crippen LogP contribution in [0, 0.1) is 17.2 Å². The summed E-state index contributed by atoms with van der Waals surface area (Å²) in [6.07, 6.45) is 0.871. The van der Waals surface area contributed by atoms with Gasteiger partial charge in [-0.25, -0.2) is 4.79 Å². The Labute approximate surface area is 119 Å². The number of hydrogen-bond donors (Lipinski definition) is 3. The second-order valence-corrected chi connectivity index (χ2v) is 5.31. The maximum atomic E-state index is 11.7. The highest BCUT2D eigenvalue weighted by Gasteiger charge is 2.24. The van der Waals surface area contributed by atoms with E-state index in [1.807, 2.05) is 0 Å². The minimum absolute atomic E-state index is 0.0670. The second kappa shape index (κ2) is 8.51. The van der Waals surface area contributed by atoms with Crippen molar-refractivity contribution in [2.75, 3.05) is 32.7 Å². The summed E-state index contributed by atoms with van der Waals surface area (Å²) < 4.78 is 0. The van der Waals surface area contributed by atoms with Crippen molar-refractivity contribution in [1.82, 2.24) is 20.9 Å². The van der Waals surface area contributed by atoms with Crippen LogP contribution in [0.4, 0.5) is 4.79 Å². The Balaban J connectivity index is 2.28. The van der Waals surface area contributed by atoms with Crippen LogP contribution in [-0.2, 0) is 4.79 Å². The quantitative estimate of drug-likeness (QED) is 0.640. The van der Waals surface area contributed by atoms with Gasteiger partial charge in [-0.3, -0.25) is 15.0 Å². The molecular formula is C13H23N5O2. The minimum atomic E-state index is -0.473. The molecule has 1 heterocycles. The fraction of sp³-hybridized carbons (Fsp3) is 0.769. The van der Waals surface area contributed by atoms with E-state index in [1.54, 1.807) is 4.90 Å². The van der Waals surface area contributed by atoms with Gasteiger partial charge < -0.3 is 10.6 Å². The summed E-state index contributed by atoms with van der Waals surface area (Å²) in [5, 5.41) is 17.0. The van der Waals surface area contributed by atoms with Crippen molar-refractivity contribution < 1.29 is 9.59 Å². The first-order valence-electron chi connectivity index (χ1n) is 6.95. The van der Waals surface area contributed by atoms with E-state index in [0.29, 0.717) is 25.6 Å². The Morgan fingerprint density at radius 3 is 2.90 bits per heavy atom. The van der Waals surface area contributed by atoms with E-state index in [4.69, 9.17) is 5.26 Å². The second-order valence-electron chi connectivity index (χ2n) is 5.31. The van der Waals surface area contributed by atoms with E-state index in [-0.39, 0.29) is 18.5 Å². The van der Waals surface area contributed by atoms with Crippen molar-refractivity contribution in [3.05, 3.63) is 0 Å². The highest BCUT2D eigenvalue weighted by atomic mass is 16.2. The topological polar surface area (TPSA) is 97.3 Å². The van der Waals surface area contributed by atoms with Crippen molar-refractivity contribution in [2.24, 2.45) is 5.92 Å². The smallest absolute Gasteiger partial charge is 0.321 e. The molecule has 3 N–H and O–H groups in total. The minimum Gasteiger partial charge on any atom is -0.338 e. The summed E-state index contributed by atoms with van der Waals surface area (Å²) in [4.78, 5) is 25.0. The lowest BCUT2D eigenvalue weighted by molar-refractivity contribution is -0.121. The number of carbonyl (C=O) groups is 2. The lowest BCUT2D eigenvalue weighted by Crippen LogP contribution is -2.54. The molecule has 0 saturated carbocycles. The highest BCUT2D eigenvalue weighted by Crippen LogP contribution is 2.01. The van der Waals surface area contributed by atoms with E-state index in [1.165, 1.54) is 0 Å². The van der Waals surface area contributed by atoms with E-state index in [0.717, 1.165) is 13.0 Å². The van der Waals surface area contributed by atoms with Crippen molar-refractivity contribution in [3.63, 3.8) is 0 Å². The largest absolute Gasteiger partial charge is 0.338 e. The molecular weight excluding hydrogens is 258 g/mol. The first-order valence-corrected chi connectivity index (χ1v) is 6.95. The lowest BCUT2D eigenvalue weighted by atomic mass is 10.1. The number of piperazine rings is 1. The number of carbonyl (C=O) groups excluding carboxylic acids is 2. The average Bonchev–Trinajstić information content (AvgIpc) is 2.38. The normalized spacial score (nSPS) is 19.4. The molecule has 1 rings (SSSR count). The zero-order valence-electron chi connectivity index (χ0n) is 12.1. The molecule has 1 atom stereocenters. The van der Waals surface area contributed by atoms with Crippen LogP contribution < -0.4 is 16.0 Å². The first kappa shape index (κ1) is 16.4. The van der Waals surface area contributed by atoms with Crippen LogP contribution in [0.15, 0.2) is 0 Å². The molecule has 1 aliphatic heterocycles. The predicted octanol–water partition coefficient (Wildman–Crippen LogP) is -0.344. The lowest BCUT2D eigenvalue weighted by Gasteiger charge is -2.30. The molecule has 1 fully saturated rings. The number of nitrogens with one attached hydrogen (secondary N) is 3. The predicted molar refractivity (Wildman–Crippen MR) is 74.8 cm³/mol. The molecule has 112 valence electrons. The van der Waals surface area contributed by atoms with E-state index in [9.17, 15) is 9.59 Å². The van der Waals surface area contributed by atoms with Gasteiger partial charge in [-0.1, -0.05) is 13.8 Å². The zero-order valence-corrected chi connectivity index (χ0v) is 12.1. The van der Waals surface area contributed by atoms with Crippen LogP contribution in [0.3, 0.4) is 0 Å². The Kier molecular flexibility index (Phi) is 6.98. The number of imide groups is 1. The third kappa shape index (κ3) is 5.99. The summed E-state index contributed by atoms with van der Waals surface area (Å²) in [6.45, 7) is 6.66. The maximum absolute atomic E-state index is 11.7. The molecule has 1 aliphatic rings. The molecule has 0 aromatic heterocycles. The van der Waals surface area contributed by atoms with Gasteiger partial charge in [-0.05, 0) is 12.3 Å². The summed E-state index contributed by atoms with van der Waals surface area (Å²) in [6, 6.07) is 1.35. The molecule has 0 aliphatic carbocycles. The van der Waals surface area contributed by atoms with E-state index in [2.05, 4.69) is 35.9 Å². The van der Waals surface area contributed by atoms with Crippen LogP contribution in [-0.4, -0.2) is 55.6 Å². The van der Waals surface area contributed by atoms with Crippen molar-refractivity contribution in [2.45, 2.75) is 26.3 Å². The number of amides is 3. The summed E-state index contributed by atoms with van der Waals surface area (Å²) in [5.41, 5.74) is 0. The molecule has 1 unspecified atom stereocenters. The summed E-state index contributed by atoms with van der Waals surface area (Å²) in [7, 11) is 0. The molecule has 7 heteroatoms. The molecule has 0 aromatic rings. The summed E-state index contributed by atoms with van der Waals surface area (Å²) in [5.74, 6) is 0.123. The van der Waals surface area contributed by atoms with Gasteiger partial charge in [0.15, 0.2) is 0 Å². The van der Waals surface area contributed by atoms with Gasteiger partial charge >= 0.3 is 6.03 Å². The molecule has 0 bridgehead atoms. The maximum Gasteiger partial charge on any atom is 0.321 e. The van der Waals surface area contributed by atoms with Crippen LogP contribution >= 0.6 is 0 Å². The molecule has 0 spiro atoms. The van der Waals surface area contributed by atoms with Gasteiger partial charge in [0.1, 0.15) is 6.04 Å². The van der Waals surface area contributed by atoms with Crippen LogP contribution in [0.2, 0.25) is 0 Å². The molecule has 1 saturated heterocycles. The van der Waals surface area contributed by atoms with Gasteiger partial charge in [-0.15, -0.1) is 0 Å². The SMILES string of the molecule is CC(C)CCNC(=O)NC(=O)CN1CCNCC1C#N. The zero-order chi connectivity index (χ0) is 15.0. The van der Waals surface area contributed by atoms with Gasteiger partial charge in [0.05, 0.1) is 12.6 Å². The molecule has 0 aromatic carbocycles. The number of urea groups is 1. The monoisotopic (exact) mass is 281 g/mol. The molecule has 0 radical (unpaired) electrons. The Morgan fingerprint density at radius 1 is 1.50 bits per heavy atom. The third-order valence-corrected chi connectivity index (χ3v) is 3.11. The van der Waals surface area contributed by atoms with Gasteiger partial charge in [0, 0.05) is 26.2 Å². The van der Waals surface area contributed by atoms with Gasteiger partial charge in [0.2, 0.25) is 5.91 Å². The van der Waals surface area contributed by atoms with E-state index >= 15 is 0 Å². The number of rotatable bonds is 5. The Bertz CT molecular complexity index is 377. The molecule has 7 nitrogen and oxygen atoms in total. The first-order chi connectivity index (χ1) is 9.52. The van der Waals surface area contributed by atoms with Crippen LogP contribution in [0.1, 0.15) is 20.3 Å². The number of nitrogens with zero attached hydrogens (tertiary/aromatic N) is 2. The number of hydrogen-bond acceptors (Lipinski definition) is 5. The fourth-order valence-corrected chi connectivity index (χ4v) is 1.93. The van der Waals surface area contributed by atoms with Crippen molar-refractivity contribution >= 4 is 11.9 Å². The standard InChI is InChI=1S/C13H23N5O2/c1-10(2)3-4-16-13(20)17-12(19)9-18-6-5-15-8-11(18)7-14/h10-11,15H,3-6,8-9H2,1-2H3,(H2,16,17,19,20). The molecule has 3 amide bonds. The third-order valence-electron chi connectivity index (χ3n) is 3.11.